The number of fused-ring (bicyclic) bond motifs is 1. The number of benzene rings is 1. The van der Waals surface area contributed by atoms with E-state index in [0.29, 0.717) is 22.8 Å². The zero-order valence-corrected chi connectivity index (χ0v) is 11.9. The summed E-state index contributed by atoms with van der Waals surface area (Å²) in [5.74, 6) is -0.564. The Hall–Kier alpha value is -3.41. The Bertz CT molecular complexity index is 989. The molecule has 0 unspecified atom stereocenters. The molecule has 23 heavy (non-hydrogen) atoms. The SMILES string of the molecule is O=C(O)c1cc(-c2ccco2)nc2cc(-c3ccccc3)nn12. The van der Waals surface area contributed by atoms with Gasteiger partial charge in [0.05, 0.1) is 12.0 Å². The topological polar surface area (TPSA) is 80.6 Å². The lowest BCUT2D eigenvalue weighted by Gasteiger charge is -2.02. The second kappa shape index (κ2) is 5.10. The summed E-state index contributed by atoms with van der Waals surface area (Å²) in [6.45, 7) is 0. The highest BCUT2D eigenvalue weighted by Gasteiger charge is 2.17. The zero-order valence-electron chi connectivity index (χ0n) is 11.9. The number of nitrogens with zero attached hydrogens (tertiary/aromatic N) is 3. The molecule has 0 bridgehead atoms. The molecule has 4 rings (SSSR count). The first-order valence-electron chi connectivity index (χ1n) is 6.96. The number of carboxylic acid groups (broad SMARTS) is 1. The van der Waals surface area contributed by atoms with Gasteiger partial charge < -0.3 is 9.52 Å². The van der Waals surface area contributed by atoms with Gasteiger partial charge in [-0.25, -0.2) is 14.3 Å². The van der Waals surface area contributed by atoms with E-state index < -0.39 is 5.97 Å². The monoisotopic (exact) mass is 305 g/mol. The van der Waals surface area contributed by atoms with Crippen LogP contribution in [-0.4, -0.2) is 25.7 Å². The first kappa shape index (κ1) is 13.3. The standard InChI is InChI=1S/C17H11N3O3/c21-17(22)14-9-13(15-7-4-8-23-15)18-16-10-12(19-20(14)16)11-5-2-1-3-6-11/h1-10H,(H,21,22). The Kier molecular flexibility index (Phi) is 2.94. The molecule has 0 atom stereocenters. The van der Waals surface area contributed by atoms with Gasteiger partial charge in [0.25, 0.3) is 0 Å². The van der Waals surface area contributed by atoms with Crippen molar-refractivity contribution in [3.63, 3.8) is 0 Å². The van der Waals surface area contributed by atoms with E-state index >= 15 is 0 Å². The molecule has 4 aromatic rings. The number of aromatic carboxylic acids is 1. The molecule has 0 fully saturated rings. The van der Waals surface area contributed by atoms with Gasteiger partial charge in [0.1, 0.15) is 5.69 Å². The highest BCUT2D eigenvalue weighted by molar-refractivity contribution is 5.88. The maximum absolute atomic E-state index is 11.6. The molecule has 1 aromatic carbocycles. The van der Waals surface area contributed by atoms with Crippen molar-refractivity contribution < 1.29 is 14.3 Å². The predicted octanol–water partition coefficient (Wildman–Crippen LogP) is 3.35. The van der Waals surface area contributed by atoms with Crippen LogP contribution in [0.4, 0.5) is 0 Å². The summed E-state index contributed by atoms with van der Waals surface area (Å²) in [6, 6.07) is 16.2. The summed E-state index contributed by atoms with van der Waals surface area (Å²) in [5, 5.41) is 13.8. The van der Waals surface area contributed by atoms with Crippen molar-refractivity contribution >= 4 is 11.6 Å². The molecule has 0 radical (unpaired) electrons. The predicted molar refractivity (Wildman–Crippen MR) is 83.1 cm³/mol. The van der Waals surface area contributed by atoms with Crippen molar-refractivity contribution in [3.05, 3.63) is 66.6 Å². The maximum atomic E-state index is 11.6. The van der Waals surface area contributed by atoms with Gasteiger partial charge in [-0.1, -0.05) is 30.3 Å². The van der Waals surface area contributed by atoms with Crippen LogP contribution in [0.15, 0.2) is 65.3 Å². The smallest absolute Gasteiger partial charge is 0.354 e. The quantitative estimate of drug-likeness (QED) is 0.627. The molecule has 0 amide bonds. The van der Waals surface area contributed by atoms with Gasteiger partial charge in [-0.3, -0.25) is 0 Å². The van der Waals surface area contributed by atoms with Gasteiger partial charge in [0.15, 0.2) is 17.1 Å². The van der Waals surface area contributed by atoms with Crippen LogP contribution in [0.25, 0.3) is 28.4 Å². The van der Waals surface area contributed by atoms with Crippen molar-refractivity contribution in [3.8, 4) is 22.7 Å². The largest absolute Gasteiger partial charge is 0.477 e. The van der Waals surface area contributed by atoms with E-state index in [2.05, 4.69) is 10.1 Å². The Balaban J connectivity index is 1.96. The minimum atomic E-state index is -1.08. The Morgan fingerprint density at radius 2 is 1.87 bits per heavy atom. The van der Waals surface area contributed by atoms with E-state index in [1.807, 2.05) is 30.3 Å². The summed E-state index contributed by atoms with van der Waals surface area (Å²) in [4.78, 5) is 16.0. The second-order valence-corrected chi connectivity index (χ2v) is 4.97. The first-order chi connectivity index (χ1) is 11.2. The molecule has 0 aliphatic carbocycles. The Morgan fingerprint density at radius 1 is 1.04 bits per heavy atom. The van der Waals surface area contributed by atoms with Crippen LogP contribution in [0.1, 0.15) is 10.5 Å². The maximum Gasteiger partial charge on any atom is 0.354 e. The fourth-order valence-electron chi connectivity index (χ4n) is 2.43. The third-order valence-electron chi connectivity index (χ3n) is 3.49. The summed E-state index contributed by atoms with van der Waals surface area (Å²) in [7, 11) is 0. The van der Waals surface area contributed by atoms with Crippen molar-refractivity contribution in [2.75, 3.05) is 0 Å². The van der Waals surface area contributed by atoms with E-state index in [1.165, 1.54) is 16.8 Å². The summed E-state index contributed by atoms with van der Waals surface area (Å²) >= 11 is 0. The number of carbonyl (C=O) groups is 1. The minimum Gasteiger partial charge on any atom is -0.477 e. The minimum absolute atomic E-state index is 0.0311. The number of furan rings is 1. The molecular weight excluding hydrogens is 294 g/mol. The molecule has 112 valence electrons. The van der Waals surface area contributed by atoms with Crippen LogP contribution in [0.5, 0.6) is 0 Å². The fraction of sp³-hybridized carbons (Fsp3) is 0. The molecule has 0 aliphatic rings. The number of aromatic nitrogens is 3. The lowest BCUT2D eigenvalue weighted by atomic mass is 10.2. The van der Waals surface area contributed by atoms with Crippen LogP contribution in [0.3, 0.4) is 0 Å². The van der Waals surface area contributed by atoms with Gasteiger partial charge in [-0.15, -0.1) is 0 Å². The van der Waals surface area contributed by atoms with Crippen molar-refractivity contribution in [1.82, 2.24) is 14.6 Å². The van der Waals surface area contributed by atoms with Crippen molar-refractivity contribution in [2.24, 2.45) is 0 Å². The number of carboxylic acids is 1. The third kappa shape index (κ3) is 2.26. The molecular formula is C17H11N3O3. The number of rotatable bonds is 3. The highest BCUT2D eigenvalue weighted by Crippen LogP contribution is 2.24. The third-order valence-corrected chi connectivity index (χ3v) is 3.49. The molecule has 1 N–H and O–H groups in total. The van der Waals surface area contributed by atoms with Crippen molar-refractivity contribution in [2.45, 2.75) is 0 Å². The first-order valence-corrected chi connectivity index (χ1v) is 6.96. The summed E-state index contributed by atoms with van der Waals surface area (Å²) in [6.07, 6.45) is 1.52. The number of hydrogen-bond acceptors (Lipinski definition) is 4. The highest BCUT2D eigenvalue weighted by atomic mass is 16.4. The summed E-state index contributed by atoms with van der Waals surface area (Å²) < 4.78 is 6.64. The molecule has 0 aliphatic heterocycles. The molecule has 0 spiro atoms. The fourth-order valence-corrected chi connectivity index (χ4v) is 2.43. The lowest BCUT2D eigenvalue weighted by Crippen LogP contribution is -2.08. The van der Waals surface area contributed by atoms with Crippen LogP contribution in [0.2, 0.25) is 0 Å². The Morgan fingerprint density at radius 3 is 2.57 bits per heavy atom. The van der Waals surface area contributed by atoms with Crippen LogP contribution >= 0.6 is 0 Å². The molecule has 6 heteroatoms. The van der Waals surface area contributed by atoms with Gasteiger partial charge in [0, 0.05) is 17.7 Å². The van der Waals surface area contributed by atoms with E-state index in [9.17, 15) is 9.90 Å². The molecule has 3 heterocycles. The normalized spacial score (nSPS) is 11.0. The average molecular weight is 305 g/mol. The molecule has 0 saturated carbocycles. The van der Waals surface area contributed by atoms with Crippen molar-refractivity contribution in [1.29, 1.82) is 0 Å². The second-order valence-electron chi connectivity index (χ2n) is 4.97. The molecule has 6 nitrogen and oxygen atoms in total. The van der Waals surface area contributed by atoms with Gasteiger partial charge in [0.2, 0.25) is 0 Å². The van der Waals surface area contributed by atoms with Gasteiger partial charge in [-0.2, -0.15) is 5.10 Å². The van der Waals surface area contributed by atoms with E-state index in [1.54, 1.807) is 18.2 Å². The van der Waals surface area contributed by atoms with Crippen LogP contribution < -0.4 is 0 Å². The average Bonchev–Trinajstić information content (AvgIpc) is 3.23. The lowest BCUT2D eigenvalue weighted by molar-refractivity contribution is 0.0687. The zero-order chi connectivity index (χ0) is 15.8. The van der Waals surface area contributed by atoms with E-state index in [4.69, 9.17) is 4.42 Å². The van der Waals surface area contributed by atoms with Crippen LogP contribution in [0, 0.1) is 0 Å². The van der Waals surface area contributed by atoms with Gasteiger partial charge in [-0.05, 0) is 12.1 Å². The Labute approximate surface area is 130 Å². The van der Waals surface area contributed by atoms with E-state index in [0.717, 1.165) is 5.56 Å². The van der Waals surface area contributed by atoms with Gasteiger partial charge >= 0.3 is 5.97 Å². The molecule has 3 aromatic heterocycles. The van der Waals surface area contributed by atoms with E-state index in [-0.39, 0.29) is 5.69 Å². The summed E-state index contributed by atoms with van der Waals surface area (Å²) in [5.41, 5.74) is 2.50. The van der Waals surface area contributed by atoms with Crippen LogP contribution in [-0.2, 0) is 0 Å². The molecule has 0 saturated heterocycles. The number of hydrogen-bond donors (Lipinski definition) is 1.